The van der Waals surface area contributed by atoms with Crippen LogP contribution < -0.4 is 14.2 Å². The van der Waals surface area contributed by atoms with Crippen molar-refractivity contribution < 1.29 is 14.2 Å². The van der Waals surface area contributed by atoms with Crippen molar-refractivity contribution in [2.24, 2.45) is 0 Å². The standard InChI is InChI=1S/C23H19N3O3S/c1-27-19-10-7-16(8-11-19)14-30-23-25-24-22(26(23)18-5-3-2-4-6-18)17-9-12-20-21(13-17)29-15-28-20/h2-13H,14-15H2,1H3. The predicted molar refractivity (Wildman–Crippen MR) is 115 cm³/mol. The summed E-state index contributed by atoms with van der Waals surface area (Å²) < 4.78 is 18.3. The number of hydrogen-bond acceptors (Lipinski definition) is 6. The fourth-order valence-corrected chi connectivity index (χ4v) is 4.17. The van der Waals surface area contributed by atoms with E-state index in [1.807, 2.05) is 48.5 Å². The molecule has 6 nitrogen and oxygen atoms in total. The van der Waals surface area contributed by atoms with Gasteiger partial charge in [0, 0.05) is 17.0 Å². The van der Waals surface area contributed by atoms with E-state index >= 15 is 0 Å². The molecule has 0 aliphatic carbocycles. The molecular formula is C23H19N3O3S. The van der Waals surface area contributed by atoms with Crippen molar-refractivity contribution in [1.29, 1.82) is 0 Å². The number of para-hydroxylation sites is 1. The molecular weight excluding hydrogens is 398 g/mol. The van der Waals surface area contributed by atoms with Crippen molar-refractivity contribution in [3.05, 3.63) is 78.4 Å². The molecule has 30 heavy (non-hydrogen) atoms. The molecule has 0 amide bonds. The number of methoxy groups -OCH3 is 1. The Labute approximate surface area is 178 Å². The molecule has 4 aromatic rings. The first kappa shape index (κ1) is 18.6. The highest BCUT2D eigenvalue weighted by molar-refractivity contribution is 7.98. The molecule has 0 atom stereocenters. The summed E-state index contributed by atoms with van der Waals surface area (Å²) in [6.07, 6.45) is 0. The lowest BCUT2D eigenvalue weighted by Gasteiger charge is -2.11. The van der Waals surface area contributed by atoms with Gasteiger partial charge in [0.25, 0.3) is 0 Å². The van der Waals surface area contributed by atoms with E-state index in [0.29, 0.717) is 0 Å². The monoisotopic (exact) mass is 417 g/mol. The summed E-state index contributed by atoms with van der Waals surface area (Å²) in [6.45, 7) is 0.243. The smallest absolute Gasteiger partial charge is 0.231 e. The fraction of sp³-hybridized carbons (Fsp3) is 0.130. The van der Waals surface area contributed by atoms with E-state index in [1.165, 1.54) is 5.56 Å². The van der Waals surface area contributed by atoms with Crippen LogP contribution in [0.2, 0.25) is 0 Å². The zero-order valence-corrected chi connectivity index (χ0v) is 17.1. The molecule has 1 aromatic heterocycles. The maximum Gasteiger partial charge on any atom is 0.231 e. The summed E-state index contributed by atoms with van der Waals surface area (Å²) in [6, 6.07) is 24.0. The predicted octanol–water partition coefficient (Wildman–Crippen LogP) is 4.96. The topological polar surface area (TPSA) is 58.4 Å². The lowest BCUT2D eigenvalue weighted by Crippen LogP contribution is -1.99. The van der Waals surface area contributed by atoms with Crippen LogP contribution in [-0.2, 0) is 5.75 Å². The summed E-state index contributed by atoms with van der Waals surface area (Å²) in [5, 5.41) is 9.82. The van der Waals surface area contributed by atoms with Gasteiger partial charge in [-0.1, -0.05) is 42.1 Å². The first-order valence-corrected chi connectivity index (χ1v) is 10.5. The van der Waals surface area contributed by atoms with Crippen molar-refractivity contribution in [3.8, 4) is 34.3 Å². The maximum absolute atomic E-state index is 5.54. The quantitative estimate of drug-likeness (QED) is 0.413. The Morgan fingerprint density at radius 2 is 1.73 bits per heavy atom. The van der Waals surface area contributed by atoms with Gasteiger partial charge in [0.05, 0.1) is 7.11 Å². The highest BCUT2D eigenvalue weighted by atomic mass is 32.2. The van der Waals surface area contributed by atoms with Crippen molar-refractivity contribution in [2.75, 3.05) is 13.9 Å². The second-order valence-corrected chi connectivity index (χ2v) is 7.62. The number of fused-ring (bicyclic) bond motifs is 1. The summed E-state index contributed by atoms with van der Waals surface area (Å²) in [5.41, 5.74) is 3.12. The van der Waals surface area contributed by atoms with Crippen LogP contribution >= 0.6 is 11.8 Å². The van der Waals surface area contributed by atoms with Crippen molar-refractivity contribution >= 4 is 11.8 Å². The molecule has 0 fully saturated rings. The van der Waals surface area contributed by atoms with Crippen molar-refractivity contribution in [2.45, 2.75) is 10.9 Å². The van der Waals surface area contributed by atoms with Gasteiger partial charge in [0.1, 0.15) is 5.75 Å². The van der Waals surface area contributed by atoms with Gasteiger partial charge in [-0.15, -0.1) is 10.2 Å². The van der Waals surface area contributed by atoms with Gasteiger partial charge in [0.15, 0.2) is 22.5 Å². The van der Waals surface area contributed by atoms with Gasteiger partial charge in [0.2, 0.25) is 6.79 Å². The van der Waals surface area contributed by atoms with E-state index in [0.717, 1.165) is 45.2 Å². The van der Waals surface area contributed by atoms with Crippen molar-refractivity contribution in [1.82, 2.24) is 14.8 Å². The highest BCUT2D eigenvalue weighted by Crippen LogP contribution is 2.37. The summed E-state index contributed by atoms with van der Waals surface area (Å²) >= 11 is 1.64. The molecule has 1 aliphatic heterocycles. The van der Waals surface area contributed by atoms with Crippen LogP contribution in [-0.4, -0.2) is 28.7 Å². The summed E-state index contributed by atoms with van der Waals surface area (Å²) in [7, 11) is 1.67. The number of thioether (sulfide) groups is 1. The van der Waals surface area contributed by atoms with Gasteiger partial charge in [-0.2, -0.15) is 0 Å². The van der Waals surface area contributed by atoms with Crippen LogP contribution in [0.4, 0.5) is 0 Å². The minimum Gasteiger partial charge on any atom is -0.497 e. The van der Waals surface area contributed by atoms with E-state index < -0.39 is 0 Å². The normalized spacial score (nSPS) is 12.2. The minimum absolute atomic E-state index is 0.243. The molecule has 0 radical (unpaired) electrons. The van der Waals surface area contributed by atoms with E-state index in [9.17, 15) is 0 Å². The molecule has 3 aromatic carbocycles. The molecule has 7 heteroatoms. The Kier molecular flexibility index (Phi) is 5.03. The third-order valence-corrected chi connectivity index (χ3v) is 5.81. The number of rotatable bonds is 6. The Morgan fingerprint density at radius 1 is 0.933 bits per heavy atom. The van der Waals surface area contributed by atoms with Crippen LogP contribution in [0.3, 0.4) is 0 Å². The first-order valence-electron chi connectivity index (χ1n) is 9.48. The van der Waals surface area contributed by atoms with E-state index in [-0.39, 0.29) is 6.79 Å². The average molecular weight is 417 g/mol. The first-order chi connectivity index (χ1) is 14.8. The van der Waals surface area contributed by atoms with Crippen LogP contribution in [0.1, 0.15) is 5.56 Å². The molecule has 1 aliphatic rings. The molecule has 150 valence electrons. The lowest BCUT2D eigenvalue weighted by molar-refractivity contribution is 0.174. The highest BCUT2D eigenvalue weighted by Gasteiger charge is 2.20. The van der Waals surface area contributed by atoms with Gasteiger partial charge in [-0.3, -0.25) is 4.57 Å². The van der Waals surface area contributed by atoms with Crippen LogP contribution in [0, 0.1) is 0 Å². The second-order valence-electron chi connectivity index (χ2n) is 6.68. The van der Waals surface area contributed by atoms with Crippen LogP contribution in [0.25, 0.3) is 17.1 Å². The number of benzene rings is 3. The number of nitrogens with zero attached hydrogens (tertiary/aromatic N) is 3. The molecule has 0 N–H and O–H groups in total. The second kappa shape index (κ2) is 8.12. The largest absolute Gasteiger partial charge is 0.497 e. The van der Waals surface area contributed by atoms with Crippen LogP contribution in [0.5, 0.6) is 17.2 Å². The molecule has 5 rings (SSSR count). The molecule has 0 bridgehead atoms. The van der Waals surface area contributed by atoms with Gasteiger partial charge < -0.3 is 14.2 Å². The Bertz CT molecular complexity index is 1160. The van der Waals surface area contributed by atoms with Gasteiger partial charge in [-0.05, 0) is 48.0 Å². The molecule has 0 saturated heterocycles. The fourth-order valence-electron chi connectivity index (χ4n) is 3.27. The van der Waals surface area contributed by atoms with Crippen LogP contribution in [0.15, 0.2) is 78.0 Å². The SMILES string of the molecule is COc1ccc(CSc2nnc(-c3ccc4c(c3)OCO4)n2-c2ccccc2)cc1. The third kappa shape index (κ3) is 3.59. The molecule has 0 spiro atoms. The molecule has 2 heterocycles. The van der Waals surface area contributed by atoms with E-state index in [2.05, 4.69) is 39.0 Å². The molecule has 0 saturated carbocycles. The van der Waals surface area contributed by atoms with E-state index in [4.69, 9.17) is 14.2 Å². The average Bonchev–Trinajstić information content (AvgIpc) is 3.45. The Balaban J connectivity index is 1.50. The third-order valence-electron chi connectivity index (χ3n) is 4.81. The Hall–Kier alpha value is -3.45. The summed E-state index contributed by atoms with van der Waals surface area (Å²) in [4.78, 5) is 0. The Morgan fingerprint density at radius 3 is 2.53 bits per heavy atom. The van der Waals surface area contributed by atoms with Gasteiger partial charge >= 0.3 is 0 Å². The molecule has 0 unspecified atom stereocenters. The van der Waals surface area contributed by atoms with Crippen molar-refractivity contribution in [3.63, 3.8) is 0 Å². The lowest BCUT2D eigenvalue weighted by atomic mass is 10.2. The zero-order chi connectivity index (χ0) is 20.3. The number of hydrogen-bond donors (Lipinski definition) is 0. The van der Waals surface area contributed by atoms with Gasteiger partial charge in [-0.25, -0.2) is 0 Å². The number of aromatic nitrogens is 3. The maximum atomic E-state index is 5.54. The van der Waals surface area contributed by atoms with E-state index in [1.54, 1.807) is 18.9 Å². The summed E-state index contributed by atoms with van der Waals surface area (Å²) in [5.74, 6) is 3.86. The minimum atomic E-state index is 0.243. The number of ether oxygens (including phenoxy) is 3. The zero-order valence-electron chi connectivity index (χ0n) is 16.3.